The fourth-order valence-corrected chi connectivity index (χ4v) is 4.28. The molecule has 3 saturated heterocycles. The third-order valence-corrected chi connectivity index (χ3v) is 5.91. The minimum atomic E-state index is -4.52. The number of halogens is 6. The van der Waals surface area contributed by atoms with E-state index in [0.717, 1.165) is 0 Å². The largest absolute Gasteiger partial charge is 0.395 e. The van der Waals surface area contributed by atoms with Gasteiger partial charge in [-0.05, 0) is 26.2 Å². The van der Waals surface area contributed by atoms with Gasteiger partial charge in [0.1, 0.15) is 18.7 Å². The quantitative estimate of drug-likeness (QED) is 0.439. The van der Waals surface area contributed by atoms with Crippen LogP contribution in [0.5, 0.6) is 0 Å². The first kappa shape index (κ1) is 23.0. The number of nitrogens with one attached hydrogen (secondary N) is 3. The molecule has 3 fully saturated rings. The number of hydrogen-bond acceptors (Lipinski definition) is 6. The average Bonchev–Trinajstić information content (AvgIpc) is 3.05. The summed E-state index contributed by atoms with van der Waals surface area (Å²) in [7, 11) is 0. The summed E-state index contributed by atoms with van der Waals surface area (Å²) in [6.07, 6.45) is -11.8. The number of hydrogen-bond donors (Lipinski definition) is 4. The maximum Gasteiger partial charge on any atom is 0.395 e. The minimum absolute atomic E-state index is 0.103. The van der Waals surface area contributed by atoms with Crippen molar-refractivity contribution in [2.75, 3.05) is 0 Å². The molecule has 3 aliphatic heterocycles. The van der Waals surface area contributed by atoms with E-state index in [1.54, 1.807) is 6.92 Å². The Bertz CT molecular complexity index is 549. The highest BCUT2D eigenvalue weighted by molar-refractivity contribution is 4.98. The highest BCUT2D eigenvalue weighted by Gasteiger charge is 2.54. The Balaban J connectivity index is 1.82. The predicted molar refractivity (Wildman–Crippen MR) is 91.0 cm³/mol. The molecule has 4 bridgehead atoms. The molecule has 12 heteroatoms. The van der Waals surface area contributed by atoms with Gasteiger partial charge in [0.05, 0.1) is 24.0 Å². The van der Waals surface area contributed by atoms with Crippen LogP contribution in [0.3, 0.4) is 0 Å². The van der Waals surface area contributed by atoms with Crippen molar-refractivity contribution in [2.24, 2.45) is 17.6 Å². The van der Waals surface area contributed by atoms with Crippen molar-refractivity contribution in [3.63, 3.8) is 0 Å². The Hall–Kier alpha value is -0.660. The highest BCUT2D eigenvalue weighted by atomic mass is 19.4. The third-order valence-electron chi connectivity index (χ3n) is 5.91. The lowest BCUT2D eigenvalue weighted by Gasteiger charge is -2.44. The Kier molecular flexibility index (Phi) is 7.01. The summed E-state index contributed by atoms with van der Waals surface area (Å²) in [4.78, 5) is 0. The molecule has 3 aliphatic rings. The molecule has 0 radical (unpaired) electrons. The van der Waals surface area contributed by atoms with Gasteiger partial charge in [0, 0.05) is 6.04 Å². The van der Waals surface area contributed by atoms with Crippen molar-refractivity contribution in [3.8, 4) is 0 Å². The first-order valence-corrected chi connectivity index (χ1v) is 9.94. The third kappa shape index (κ3) is 5.53. The van der Waals surface area contributed by atoms with E-state index in [0.29, 0.717) is 25.7 Å². The van der Waals surface area contributed by atoms with Gasteiger partial charge in [-0.25, -0.2) is 10.9 Å². The molecular weight excluding hydrogens is 406 g/mol. The van der Waals surface area contributed by atoms with Crippen molar-refractivity contribution in [1.29, 1.82) is 0 Å². The van der Waals surface area contributed by atoms with E-state index in [1.165, 1.54) is 0 Å². The number of rotatable bonds is 0. The zero-order valence-electron chi connectivity index (χ0n) is 16.0. The summed E-state index contributed by atoms with van der Waals surface area (Å²) < 4.78 is 92.3. The van der Waals surface area contributed by atoms with Crippen LogP contribution in [0.2, 0.25) is 0 Å². The molecule has 0 aromatic rings. The SMILES string of the molecule is C[C@H]1CCCCC[C@H](C(F)(F)F)C2NNC(O2)C2NC(O1)C(C(F)(F)F)CC2N. The lowest BCUT2D eigenvalue weighted by atomic mass is 9.87. The zero-order valence-corrected chi connectivity index (χ0v) is 16.0. The van der Waals surface area contributed by atoms with Crippen LogP contribution in [0.1, 0.15) is 45.4 Å². The lowest BCUT2D eigenvalue weighted by molar-refractivity contribution is -0.238. The number of nitrogens with two attached hydrogens (primary N) is 1. The minimum Gasteiger partial charge on any atom is -0.360 e. The smallest absolute Gasteiger partial charge is 0.360 e. The first-order valence-electron chi connectivity index (χ1n) is 9.94. The molecular formula is C17H28F6N4O2. The summed E-state index contributed by atoms with van der Waals surface area (Å²) in [6.45, 7) is 1.67. The number of piperidine rings is 1. The van der Waals surface area contributed by atoms with Crippen molar-refractivity contribution < 1.29 is 35.8 Å². The molecule has 170 valence electrons. The monoisotopic (exact) mass is 434 g/mol. The van der Waals surface area contributed by atoms with Crippen LogP contribution in [-0.4, -0.2) is 49.2 Å². The first-order chi connectivity index (χ1) is 13.5. The van der Waals surface area contributed by atoms with E-state index < -0.39 is 67.5 Å². The van der Waals surface area contributed by atoms with Gasteiger partial charge in [-0.15, -0.1) is 0 Å². The fraction of sp³-hybridized carbons (Fsp3) is 1.00. The lowest BCUT2D eigenvalue weighted by Crippen LogP contribution is -2.67. The zero-order chi connectivity index (χ0) is 21.4. The maximum absolute atomic E-state index is 13.5. The van der Waals surface area contributed by atoms with Crippen LogP contribution in [0.25, 0.3) is 0 Å². The molecule has 0 saturated carbocycles. The standard InChI is InChI=1S/C17H28F6N4O2/c1-8-5-3-2-4-6-9(16(18,19)20)14-26-27-15(29-14)12-11(24)7-10(17(21,22)23)13(25-12)28-8/h8-15,25-27H,2-7,24H2,1H3/t8-,9-,10?,11?,12?,13?,14?,15?/m0/s1. The predicted octanol–water partition coefficient (Wildman–Crippen LogP) is 2.50. The van der Waals surface area contributed by atoms with Crippen LogP contribution in [-0.2, 0) is 9.47 Å². The van der Waals surface area contributed by atoms with Gasteiger partial charge in [-0.3, -0.25) is 5.32 Å². The second-order valence-corrected chi connectivity index (χ2v) is 8.16. The summed E-state index contributed by atoms with van der Waals surface area (Å²) in [5.41, 5.74) is 11.1. The Labute approximate surface area is 165 Å². The van der Waals surface area contributed by atoms with Gasteiger partial charge in [-0.2, -0.15) is 26.3 Å². The number of fused-ring (bicyclic) bond motifs is 5. The molecule has 6 nitrogen and oxygen atoms in total. The van der Waals surface area contributed by atoms with Crippen LogP contribution in [0, 0.1) is 11.8 Å². The van der Waals surface area contributed by atoms with E-state index in [4.69, 9.17) is 15.2 Å². The Morgan fingerprint density at radius 2 is 1.41 bits per heavy atom. The van der Waals surface area contributed by atoms with Gasteiger partial charge in [0.15, 0.2) is 0 Å². The van der Waals surface area contributed by atoms with Gasteiger partial charge >= 0.3 is 12.4 Å². The summed E-state index contributed by atoms with van der Waals surface area (Å²) in [5, 5.41) is 2.75. The van der Waals surface area contributed by atoms with Crippen LogP contribution in [0.15, 0.2) is 0 Å². The average molecular weight is 434 g/mol. The fourth-order valence-electron chi connectivity index (χ4n) is 4.28. The van der Waals surface area contributed by atoms with Crippen molar-refractivity contribution in [2.45, 2.75) is 94.7 Å². The van der Waals surface area contributed by atoms with Crippen LogP contribution in [0.4, 0.5) is 26.3 Å². The van der Waals surface area contributed by atoms with Crippen molar-refractivity contribution in [1.82, 2.24) is 16.2 Å². The van der Waals surface area contributed by atoms with Crippen LogP contribution < -0.4 is 21.9 Å². The second-order valence-electron chi connectivity index (χ2n) is 8.16. The Morgan fingerprint density at radius 3 is 2.07 bits per heavy atom. The molecule has 0 aromatic carbocycles. The molecule has 5 N–H and O–H groups in total. The maximum atomic E-state index is 13.5. The molecule has 29 heavy (non-hydrogen) atoms. The van der Waals surface area contributed by atoms with E-state index in [-0.39, 0.29) is 6.42 Å². The summed E-state index contributed by atoms with van der Waals surface area (Å²) in [6, 6.07) is -1.83. The molecule has 3 heterocycles. The van der Waals surface area contributed by atoms with Crippen molar-refractivity contribution in [3.05, 3.63) is 0 Å². The Morgan fingerprint density at radius 1 is 0.793 bits per heavy atom. The van der Waals surface area contributed by atoms with Gasteiger partial charge < -0.3 is 15.2 Å². The van der Waals surface area contributed by atoms with E-state index in [9.17, 15) is 26.3 Å². The van der Waals surface area contributed by atoms with Gasteiger partial charge in [-0.1, -0.05) is 19.3 Å². The van der Waals surface area contributed by atoms with Crippen LogP contribution >= 0.6 is 0 Å². The number of hydrazine groups is 1. The highest BCUT2D eigenvalue weighted by Crippen LogP contribution is 2.39. The molecule has 0 aliphatic carbocycles. The molecule has 0 amide bonds. The molecule has 8 atom stereocenters. The second kappa shape index (κ2) is 8.83. The van der Waals surface area contributed by atoms with E-state index in [1.807, 2.05) is 0 Å². The van der Waals surface area contributed by atoms with E-state index >= 15 is 0 Å². The topological polar surface area (TPSA) is 80.6 Å². The molecule has 3 rings (SSSR count). The molecule has 6 unspecified atom stereocenters. The summed E-state index contributed by atoms with van der Waals surface area (Å²) in [5.74, 6) is -3.53. The molecule has 0 spiro atoms. The molecule has 0 aromatic heterocycles. The number of alkyl halides is 6. The summed E-state index contributed by atoms with van der Waals surface area (Å²) >= 11 is 0. The number of ether oxygens (including phenoxy) is 2. The van der Waals surface area contributed by atoms with Gasteiger partial charge in [0.2, 0.25) is 0 Å². The van der Waals surface area contributed by atoms with Crippen molar-refractivity contribution >= 4 is 0 Å². The normalized spacial score (nSPS) is 43.0. The van der Waals surface area contributed by atoms with Gasteiger partial charge in [0.25, 0.3) is 0 Å². The van der Waals surface area contributed by atoms with E-state index in [2.05, 4.69) is 16.2 Å².